The van der Waals surface area contributed by atoms with Gasteiger partial charge < -0.3 is 9.84 Å². The number of ether oxygens (including phenoxy) is 1. The van der Waals surface area contributed by atoms with Crippen molar-refractivity contribution in [2.75, 3.05) is 0 Å². The summed E-state index contributed by atoms with van der Waals surface area (Å²) in [6.45, 7) is 11.3. The van der Waals surface area contributed by atoms with E-state index < -0.39 is 5.97 Å². The number of rotatable bonds is 10. The monoisotopic (exact) mass is 364 g/mol. The molecule has 0 saturated heterocycles. The maximum atomic E-state index is 11.1. The number of esters is 1. The van der Waals surface area contributed by atoms with Crippen LogP contribution < -0.4 is 0 Å². The van der Waals surface area contributed by atoms with Crippen molar-refractivity contribution < 1.29 is 19.4 Å². The van der Waals surface area contributed by atoms with Crippen LogP contribution in [-0.4, -0.2) is 17.0 Å². The Balaban J connectivity index is 0. The Bertz CT molecular complexity index is 522. The summed E-state index contributed by atoms with van der Waals surface area (Å²) in [6.07, 6.45) is 15.4. The van der Waals surface area contributed by atoms with E-state index in [-0.39, 0.29) is 5.97 Å². The molecule has 0 aromatic rings. The lowest BCUT2D eigenvalue weighted by atomic mass is 10.1. The van der Waals surface area contributed by atoms with E-state index in [9.17, 15) is 9.59 Å². The van der Waals surface area contributed by atoms with Crippen LogP contribution in [-0.2, 0) is 14.3 Å². The predicted molar refractivity (Wildman–Crippen MR) is 109 cm³/mol. The van der Waals surface area contributed by atoms with Gasteiger partial charge in [0.15, 0.2) is 0 Å². The molecule has 1 N–H and O–H groups in total. The number of carbonyl (C=O) groups excluding carboxylic acids is 1. The van der Waals surface area contributed by atoms with Gasteiger partial charge in [0, 0.05) is 11.1 Å². The van der Waals surface area contributed by atoms with Gasteiger partial charge in [0.1, 0.15) is 0 Å². The van der Waals surface area contributed by atoms with E-state index in [1.165, 1.54) is 6.26 Å². The zero-order chi connectivity index (χ0) is 20.4. The molecule has 0 atom stereocenters. The predicted octanol–water partition coefficient (Wildman–Crippen LogP) is 6.35. The minimum atomic E-state index is -0.808. The quantitative estimate of drug-likeness (QED) is 0.161. The maximum Gasteiger partial charge on any atom is 0.338 e. The molecule has 4 nitrogen and oxygen atoms in total. The Kier molecular flexibility index (Phi) is 17.8. The van der Waals surface area contributed by atoms with Crippen molar-refractivity contribution in [3.8, 4) is 0 Å². The lowest BCUT2D eigenvalue weighted by Crippen LogP contribution is -2.00. The first-order valence-electron chi connectivity index (χ1n) is 9.35. The van der Waals surface area contributed by atoms with Crippen LogP contribution >= 0.6 is 0 Å². The van der Waals surface area contributed by atoms with Crippen molar-refractivity contribution >= 4 is 11.9 Å². The number of hydrogen-bond acceptors (Lipinski definition) is 3. The topological polar surface area (TPSA) is 63.6 Å². The van der Waals surface area contributed by atoms with Crippen LogP contribution in [0.25, 0.3) is 0 Å². The average Bonchev–Trinajstić information content (AvgIpc) is 2.63. The highest BCUT2D eigenvalue weighted by Crippen LogP contribution is 2.10. The first-order valence-corrected chi connectivity index (χ1v) is 9.35. The Hall–Kier alpha value is -2.10. The maximum absolute atomic E-state index is 11.1. The van der Waals surface area contributed by atoms with Gasteiger partial charge in [-0.05, 0) is 65.9 Å². The summed E-state index contributed by atoms with van der Waals surface area (Å²) in [5.74, 6) is -1.08. The summed E-state index contributed by atoms with van der Waals surface area (Å²) in [5, 5.41) is 8.68. The second kappa shape index (κ2) is 17.7. The van der Waals surface area contributed by atoms with E-state index in [4.69, 9.17) is 9.84 Å². The zero-order valence-electron chi connectivity index (χ0n) is 17.3. The molecule has 0 aromatic carbocycles. The average molecular weight is 365 g/mol. The van der Waals surface area contributed by atoms with Crippen molar-refractivity contribution in [2.24, 2.45) is 0 Å². The van der Waals surface area contributed by atoms with Crippen LogP contribution in [0.5, 0.6) is 0 Å². The van der Waals surface area contributed by atoms with Crippen molar-refractivity contribution in [1.82, 2.24) is 0 Å². The number of carboxylic acid groups (broad SMARTS) is 1. The van der Waals surface area contributed by atoms with Crippen LogP contribution in [0.15, 0.2) is 47.3 Å². The molecule has 148 valence electrons. The molecule has 0 amide bonds. The second-order valence-electron chi connectivity index (χ2n) is 6.02. The third-order valence-electron chi connectivity index (χ3n) is 3.80. The third-order valence-corrected chi connectivity index (χ3v) is 3.80. The molecule has 0 aromatic heterocycles. The lowest BCUT2D eigenvalue weighted by Gasteiger charge is -2.00. The molecule has 0 saturated carbocycles. The summed E-state index contributed by atoms with van der Waals surface area (Å²) < 4.78 is 4.85. The highest BCUT2D eigenvalue weighted by Gasteiger charge is 2.03. The standard InChI is InChI=1S/2C11H18O2/c1-4-5-6-7-8-9(2)10(3)11(12)13;1-4-6-7-8-9-13-11(12)10(3)5-2/h5-6H,4,7-8H2,1-3H3,(H,12,13);5,8-9H,4,6-7H2,1-3H3/b6-5-,10-9+;9-8?,10-5+. The fourth-order valence-electron chi connectivity index (χ4n) is 1.67. The van der Waals surface area contributed by atoms with Gasteiger partial charge in [-0.15, -0.1) is 0 Å². The largest absolute Gasteiger partial charge is 0.478 e. The van der Waals surface area contributed by atoms with Crippen LogP contribution in [0.4, 0.5) is 0 Å². The zero-order valence-corrected chi connectivity index (χ0v) is 17.3. The van der Waals surface area contributed by atoms with Gasteiger partial charge in [-0.3, -0.25) is 0 Å². The van der Waals surface area contributed by atoms with Crippen molar-refractivity contribution in [2.45, 2.75) is 80.1 Å². The summed E-state index contributed by atoms with van der Waals surface area (Å²) in [5.41, 5.74) is 2.08. The van der Waals surface area contributed by atoms with Gasteiger partial charge in [0.25, 0.3) is 0 Å². The lowest BCUT2D eigenvalue weighted by molar-refractivity contribution is -0.134. The molecule has 0 fully saturated rings. The van der Waals surface area contributed by atoms with Gasteiger partial charge in [-0.25, -0.2) is 9.59 Å². The van der Waals surface area contributed by atoms with Gasteiger partial charge >= 0.3 is 11.9 Å². The van der Waals surface area contributed by atoms with E-state index >= 15 is 0 Å². The molecule has 26 heavy (non-hydrogen) atoms. The molecular weight excluding hydrogens is 328 g/mol. The summed E-state index contributed by atoms with van der Waals surface area (Å²) >= 11 is 0. The van der Waals surface area contributed by atoms with E-state index in [1.807, 2.05) is 19.9 Å². The van der Waals surface area contributed by atoms with Gasteiger partial charge in [-0.2, -0.15) is 0 Å². The second-order valence-corrected chi connectivity index (χ2v) is 6.02. The van der Waals surface area contributed by atoms with E-state index in [1.54, 1.807) is 19.9 Å². The molecule has 0 rings (SSSR count). The van der Waals surface area contributed by atoms with Gasteiger partial charge in [-0.1, -0.05) is 44.1 Å². The first-order chi connectivity index (χ1) is 12.3. The minimum Gasteiger partial charge on any atom is -0.478 e. The Morgan fingerprint density at radius 2 is 1.65 bits per heavy atom. The Morgan fingerprint density at radius 3 is 2.15 bits per heavy atom. The summed E-state index contributed by atoms with van der Waals surface area (Å²) in [7, 11) is 0. The molecule has 0 aliphatic heterocycles. The molecule has 0 aliphatic rings. The number of hydrogen-bond donors (Lipinski definition) is 1. The van der Waals surface area contributed by atoms with Gasteiger partial charge in [0.2, 0.25) is 0 Å². The van der Waals surface area contributed by atoms with E-state index in [2.05, 4.69) is 26.0 Å². The normalized spacial score (nSPS) is 12.6. The number of unbranched alkanes of at least 4 members (excludes halogenated alkanes) is 2. The number of allylic oxidation sites excluding steroid dienone is 5. The van der Waals surface area contributed by atoms with Crippen molar-refractivity contribution in [3.63, 3.8) is 0 Å². The van der Waals surface area contributed by atoms with E-state index in [0.29, 0.717) is 11.1 Å². The van der Waals surface area contributed by atoms with Crippen LogP contribution in [0.1, 0.15) is 80.1 Å². The molecule has 0 unspecified atom stereocenters. The number of carbonyl (C=O) groups is 2. The Labute approximate surface area is 159 Å². The SMILES string of the molecule is C/C=C(\C)C(=O)OC=CCCCC.CC/C=C\CC/C(C)=C(\C)C(=O)O. The highest BCUT2D eigenvalue weighted by atomic mass is 16.5. The first kappa shape index (κ1) is 26.1. The van der Waals surface area contributed by atoms with Crippen molar-refractivity contribution in [1.29, 1.82) is 0 Å². The minimum absolute atomic E-state index is 0.268. The molecule has 0 radical (unpaired) electrons. The summed E-state index contributed by atoms with van der Waals surface area (Å²) in [6, 6.07) is 0. The third kappa shape index (κ3) is 15.4. The smallest absolute Gasteiger partial charge is 0.338 e. The van der Waals surface area contributed by atoms with Gasteiger partial charge in [0.05, 0.1) is 6.26 Å². The Morgan fingerprint density at radius 1 is 1.00 bits per heavy atom. The fourth-order valence-corrected chi connectivity index (χ4v) is 1.67. The molecular formula is C22H36O4. The number of carboxylic acids is 1. The summed E-state index contributed by atoms with van der Waals surface area (Å²) in [4.78, 5) is 21.6. The number of aliphatic carboxylic acids is 1. The van der Waals surface area contributed by atoms with E-state index in [0.717, 1.165) is 44.1 Å². The molecule has 0 spiro atoms. The molecule has 0 heterocycles. The fraction of sp³-hybridized carbons (Fsp3) is 0.545. The van der Waals surface area contributed by atoms with Crippen molar-refractivity contribution in [3.05, 3.63) is 47.3 Å². The molecule has 4 heteroatoms. The van der Waals surface area contributed by atoms with Crippen LogP contribution in [0, 0.1) is 0 Å². The molecule has 0 aliphatic carbocycles. The van der Waals surface area contributed by atoms with Crippen LogP contribution in [0.2, 0.25) is 0 Å². The molecule has 0 bridgehead atoms. The highest BCUT2D eigenvalue weighted by molar-refractivity contribution is 5.88. The van der Waals surface area contributed by atoms with Crippen LogP contribution in [0.3, 0.4) is 0 Å².